The second-order valence-corrected chi connectivity index (χ2v) is 11.9. The number of esters is 1. The second kappa shape index (κ2) is 11.7. The number of anilines is 2. The summed E-state index contributed by atoms with van der Waals surface area (Å²) in [5, 5.41) is 11.6. The average molecular weight is 563 g/mol. The van der Waals surface area contributed by atoms with Crippen LogP contribution >= 0.6 is 6.64 Å². The molecule has 4 rings (SSSR count). The monoisotopic (exact) mass is 562 g/mol. The van der Waals surface area contributed by atoms with Crippen molar-refractivity contribution in [2.24, 2.45) is 0 Å². The maximum Gasteiger partial charge on any atom is 0.323 e. The number of aromatic nitrogens is 4. The van der Waals surface area contributed by atoms with E-state index >= 15 is 0 Å². The molecule has 1 aliphatic heterocycles. The van der Waals surface area contributed by atoms with E-state index < -0.39 is 31.0 Å². The molecule has 1 fully saturated rings. The highest BCUT2D eigenvalue weighted by Gasteiger charge is 2.36. The predicted octanol–water partition coefficient (Wildman–Crippen LogP) is 2.64. The van der Waals surface area contributed by atoms with Crippen molar-refractivity contribution < 1.29 is 23.3 Å². The molecule has 3 heterocycles. The topological polar surface area (TPSA) is 163 Å². The van der Waals surface area contributed by atoms with Gasteiger partial charge in [-0.25, -0.2) is 10.1 Å². The molecule has 13 nitrogen and oxygen atoms in total. The number of rotatable bonds is 11. The van der Waals surface area contributed by atoms with E-state index in [2.05, 4.69) is 20.0 Å². The Balaban J connectivity index is 1.50. The number of hydrogen-bond donors (Lipinski definition) is 3. The third kappa shape index (κ3) is 6.27. The summed E-state index contributed by atoms with van der Waals surface area (Å²) in [5.74, 6) is 0.687. The number of nitrogen functional groups attached to an aromatic ring is 1. The summed E-state index contributed by atoms with van der Waals surface area (Å²) in [5.41, 5.74) is 7.24. The van der Waals surface area contributed by atoms with Crippen molar-refractivity contribution in [1.82, 2.24) is 24.6 Å². The van der Waals surface area contributed by atoms with Crippen LogP contribution in [0.25, 0.3) is 11.2 Å². The highest BCUT2D eigenvalue weighted by atomic mass is 32.5. The van der Waals surface area contributed by atoms with Crippen molar-refractivity contribution >= 4 is 53.1 Å². The molecule has 0 aliphatic carbocycles. The molecule has 1 aliphatic rings. The summed E-state index contributed by atoms with van der Waals surface area (Å²) in [4.78, 5) is 27.0. The van der Waals surface area contributed by atoms with Gasteiger partial charge in [0, 0.05) is 20.5 Å². The van der Waals surface area contributed by atoms with Gasteiger partial charge in [-0.05, 0) is 37.8 Å². The molecular weight excluding hydrogens is 531 g/mol. The van der Waals surface area contributed by atoms with Gasteiger partial charge in [-0.3, -0.25) is 9.36 Å². The Morgan fingerprint density at radius 1 is 1.37 bits per heavy atom. The zero-order valence-electron chi connectivity index (χ0n) is 21.5. The van der Waals surface area contributed by atoms with E-state index in [1.54, 1.807) is 41.8 Å². The van der Waals surface area contributed by atoms with Gasteiger partial charge in [-0.15, -0.1) is 0 Å². The van der Waals surface area contributed by atoms with E-state index in [1.165, 1.54) is 0 Å². The SMILES string of the molecule is CCOC(=O)[C@@H](C)N[P@](=S)(OC[C@@H]1CC(=N)[C@H](n2cnc3c(N(C)C)nc(N)nc32)O1)Oc1ccccc1. The Hall–Kier alpha value is -3.16. The highest BCUT2D eigenvalue weighted by molar-refractivity contribution is 8.09. The Morgan fingerprint density at radius 3 is 2.79 bits per heavy atom. The van der Waals surface area contributed by atoms with Gasteiger partial charge in [0.15, 0.2) is 23.2 Å². The molecule has 0 saturated carbocycles. The van der Waals surface area contributed by atoms with Crippen LogP contribution in [0, 0.1) is 5.41 Å². The minimum Gasteiger partial charge on any atom is -0.465 e. The number of carbonyl (C=O) groups is 1. The molecule has 0 amide bonds. The lowest BCUT2D eigenvalue weighted by Gasteiger charge is -2.27. The third-order valence-corrected chi connectivity index (χ3v) is 8.05. The van der Waals surface area contributed by atoms with Crippen LogP contribution in [-0.4, -0.2) is 70.7 Å². The largest absolute Gasteiger partial charge is 0.465 e. The lowest BCUT2D eigenvalue weighted by Crippen LogP contribution is -2.35. The number of nitrogens with one attached hydrogen (secondary N) is 2. The van der Waals surface area contributed by atoms with Crippen LogP contribution in [0.1, 0.15) is 26.5 Å². The first-order valence-electron chi connectivity index (χ1n) is 11.9. The maximum absolute atomic E-state index is 12.2. The van der Waals surface area contributed by atoms with Crippen LogP contribution < -0.4 is 20.2 Å². The number of imidazole rings is 1. The standard InChI is InChI=1S/C23H31N8O5PS/c1-5-33-22(32)14(2)29-37(38,36-15-9-7-6-8-10-15)34-12-16-11-17(24)21(35-16)31-13-26-18-19(30(3)4)27-23(25)28-20(18)31/h6-10,13-14,16,21,24H,5,11-12H2,1-4H3,(H,29,38)(H2,25,27,28)/t14-,16+,21-,37+/m1/s1. The molecule has 0 radical (unpaired) electrons. The van der Waals surface area contributed by atoms with Crippen molar-refractivity contribution in [3.05, 3.63) is 36.7 Å². The fourth-order valence-corrected chi connectivity index (χ4v) is 6.28. The molecule has 0 bridgehead atoms. The number of nitrogens with two attached hydrogens (primary N) is 1. The molecule has 1 aromatic carbocycles. The van der Waals surface area contributed by atoms with Crippen molar-refractivity contribution in [1.29, 1.82) is 5.41 Å². The van der Waals surface area contributed by atoms with Gasteiger partial charge in [0.25, 0.3) is 0 Å². The molecule has 0 spiro atoms. The van der Waals surface area contributed by atoms with Crippen LogP contribution in [0.3, 0.4) is 0 Å². The maximum atomic E-state index is 12.2. The van der Waals surface area contributed by atoms with Crippen molar-refractivity contribution in [2.75, 3.05) is 37.9 Å². The van der Waals surface area contributed by atoms with Crippen LogP contribution in [-0.2, 0) is 30.6 Å². The van der Waals surface area contributed by atoms with Gasteiger partial charge in [0.1, 0.15) is 11.8 Å². The van der Waals surface area contributed by atoms with E-state index in [0.717, 1.165) is 0 Å². The van der Waals surface area contributed by atoms with E-state index in [4.69, 9.17) is 41.5 Å². The van der Waals surface area contributed by atoms with Crippen LogP contribution in [0.5, 0.6) is 5.75 Å². The van der Waals surface area contributed by atoms with Gasteiger partial charge >= 0.3 is 12.6 Å². The average Bonchev–Trinajstić information content (AvgIpc) is 3.45. The number of benzene rings is 1. The Bertz CT molecular complexity index is 1350. The smallest absolute Gasteiger partial charge is 0.323 e. The first kappa shape index (κ1) is 27.9. The lowest BCUT2D eigenvalue weighted by atomic mass is 10.2. The molecule has 15 heteroatoms. The molecule has 204 valence electrons. The predicted molar refractivity (Wildman–Crippen MR) is 147 cm³/mol. The second-order valence-electron chi connectivity index (χ2n) is 8.76. The molecule has 4 N–H and O–H groups in total. The number of nitrogens with zero attached hydrogens (tertiary/aromatic N) is 5. The van der Waals surface area contributed by atoms with Crippen LogP contribution in [0.2, 0.25) is 0 Å². The van der Waals surface area contributed by atoms with Gasteiger partial charge in [-0.1, -0.05) is 18.2 Å². The molecule has 4 atom stereocenters. The van der Waals surface area contributed by atoms with Crippen molar-refractivity contribution in [3.63, 3.8) is 0 Å². The summed E-state index contributed by atoms with van der Waals surface area (Å²) >= 11 is 5.74. The lowest BCUT2D eigenvalue weighted by molar-refractivity contribution is -0.144. The Kier molecular flexibility index (Phi) is 8.58. The Labute approximate surface area is 225 Å². The third-order valence-electron chi connectivity index (χ3n) is 5.55. The molecule has 0 unspecified atom stereocenters. The van der Waals surface area contributed by atoms with Gasteiger partial charge in [0.05, 0.1) is 31.4 Å². The number of para-hydroxylation sites is 1. The number of hydrogen-bond acceptors (Lipinski definition) is 12. The van der Waals surface area contributed by atoms with E-state index in [1.807, 2.05) is 32.3 Å². The van der Waals surface area contributed by atoms with Gasteiger partial charge < -0.3 is 34.6 Å². The quantitative estimate of drug-likeness (QED) is 0.232. The number of ether oxygens (including phenoxy) is 2. The summed E-state index contributed by atoms with van der Waals surface area (Å²) in [6.45, 7) is 0.406. The summed E-state index contributed by atoms with van der Waals surface area (Å²) < 4.78 is 25.0. The molecule has 2 aromatic heterocycles. The van der Waals surface area contributed by atoms with Crippen LogP contribution in [0.4, 0.5) is 11.8 Å². The highest BCUT2D eigenvalue weighted by Crippen LogP contribution is 2.46. The van der Waals surface area contributed by atoms with E-state index in [0.29, 0.717) is 34.9 Å². The first-order valence-corrected chi connectivity index (χ1v) is 14.6. The van der Waals surface area contributed by atoms with Gasteiger partial charge in [0.2, 0.25) is 5.95 Å². The van der Waals surface area contributed by atoms with E-state index in [-0.39, 0.29) is 19.2 Å². The normalized spacial score (nSPS) is 19.7. The van der Waals surface area contributed by atoms with Crippen molar-refractivity contribution in [2.45, 2.75) is 38.6 Å². The summed E-state index contributed by atoms with van der Waals surface area (Å²) in [6, 6.07) is 8.21. The molecular formula is C23H31N8O5PS. The molecule has 1 saturated heterocycles. The number of carbonyl (C=O) groups excluding carboxylic acids is 1. The Morgan fingerprint density at radius 2 is 2.11 bits per heavy atom. The summed E-state index contributed by atoms with van der Waals surface area (Å²) in [7, 11) is 3.67. The fraction of sp³-hybridized carbons (Fsp3) is 0.435. The van der Waals surface area contributed by atoms with Crippen molar-refractivity contribution in [3.8, 4) is 5.75 Å². The minimum atomic E-state index is -3.22. The van der Waals surface area contributed by atoms with Gasteiger partial charge in [-0.2, -0.15) is 9.97 Å². The minimum absolute atomic E-state index is 0.0260. The molecule has 3 aromatic rings. The van der Waals surface area contributed by atoms with Crippen LogP contribution in [0.15, 0.2) is 36.7 Å². The summed E-state index contributed by atoms with van der Waals surface area (Å²) in [6.07, 6.45) is 0.593. The zero-order chi connectivity index (χ0) is 27.4. The molecule has 38 heavy (non-hydrogen) atoms. The number of fused-ring (bicyclic) bond motifs is 1. The fourth-order valence-electron chi connectivity index (χ4n) is 3.84. The first-order chi connectivity index (χ1) is 18.1. The van der Waals surface area contributed by atoms with E-state index in [9.17, 15) is 4.79 Å². The zero-order valence-corrected chi connectivity index (χ0v) is 23.2.